The number of benzene rings is 1. The summed E-state index contributed by atoms with van der Waals surface area (Å²) in [5.74, 6) is 0. The molecule has 0 radical (unpaired) electrons. The summed E-state index contributed by atoms with van der Waals surface area (Å²) in [6.45, 7) is 1.70. The van der Waals surface area contributed by atoms with Gasteiger partial charge in [0.15, 0.2) is 0 Å². The van der Waals surface area contributed by atoms with E-state index in [1.54, 1.807) is 6.92 Å². The van der Waals surface area contributed by atoms with Gasteiger partial charge in [-0.2, -0.15) is 0 Å². The zero-order valence-electron chi connectivity index (χ0n) is 7.26. The topological polar surface area (TPSA) is 0 Å². The monoisotopic (exact) mass is 260 g/mol. The number of rotatable bonds is 0. The lowest BCUT2D eigenvalue weighted by atomic mass is 10.4. The Kier molecular flexibility index (Phi) is 18.1. The van der Waals surface area contributed by atoms with Crippen molar-refractivity contribution in [1.82, 2.24) is 0 Å². The van der Waals surface area contributed by atoms with Gasteiger partial charge >= 0.3 is 0 Å². The van der Waals surface area contributed by atoms with E-state index in [1.807, 2.05) is 36.4 Å². The maximum absolute atomic E-state index is 5.04. The fraction of sp³-hybridized carbons (Fsp3) is 0.333. The van der Waals surface area contributed by atoms with E-state index < -0.39 is 0 Å². The van der Waals surface area contributed by atoms with E-state index in [1.165, 1.54) is 0 Å². The highest BCUT2D eigenvalue weighted by Gasteiger charge is 1.75. The van der Waals surface area contributed by atoms with E-state index in [0.29, 0.717) is 0 Å². The minimum absolute atomic E-state index is 0.194. The van der Waals surface area contributed by atoms with Crippen molar-refractivity contribution < 1.29 is 0 Å². The molecule has 0 aliphatic carbocycles. The summed E-state index contributed by atoms with van der Waals surface area (Å²) in [5.41, 5.74) is 0. The largest absolute Gasteiger partial charge is 0.109 e. The quantitative estimate of drug-likeness (QED) is 0.582. The van der Waals surface area contributed by atoms with E-state index in [0.717, 1.165) is 0 Å². The van der Waals surface area contributed by atoms with Gasteiger partial charge in [-0.25, -0.2) is 0 Å². The molecule has 0 aliphatic rings. The van der Waals surface area contributed by atoms with Crippen LogP contribution >= 0.6 is 46.4 Å². The Labute approximate surface area is 99.8 Å². The van der Waals surface area contributed by atoms with Gasteiger partial charge < -0.3 is 0 Å². The molecule has 0 bridgehead atoms. The average Bonchev–Trinajstić information content (AvgIpc) is 2.08. The predicted molar refractivity (Wildman–Crippen MR) is 64.2 cm³/mol. The molecule has 0 atom stereocenters. The van der Waals surface area contributed by atoms with Crippen molar-refractivity contribution in [2.75, 3.05) is 5.34 Å². The van der Waals surface area contributed by atoms with Crippen LogP contribution in [0.2, 0.25) is 0 Å². The Morgan fingerprint density at radius 1 is 0.846 bits per heavy atom. The number of hydrogen-bond donors (Lipinski definition) is 0. The van der Waals surface area contributed by atoms with Gasteiger partial charge in [0.25, 0.3) is 0 Å². The lowest BCUT2D eigenvalue weighted by molar-refractivity contribution is 1.39. The maximum Gasteiger partial charge on any atom is 0.105 e. The Morgan fingerprint density at radius 3 is 1.00 bits per heavy atom. The van der Waals surface area contributed by atoms with Crippen molar-refractivity contribution in [3.05, 3.63) is 36.4 Å². The molecule has 0 amide bonds. The average molecular weight is 262 g/mol. The molecule has 0 aromatic heterocycles. The lowest BCUT2D eigenvalue weighted by Gasteiger charge is -1.72. The Hall–Kier alpha value is 0.380. The van der Waals surface area contributed by atoms with Gasteiger partial charge in [-0.1, -0.05) is 36.4 Å². The first-order valence-corrected chi connectivity index (χ1v) is 5.49. The molecule has 0 fully saturated rings. The predicted octanol–water partition coefficient (Wildman–Crippen LogP) is 4.92. The third kappa shape index (κ3) is 32.8. The molecule has 1 aromatic carbocycles. The van der Waals surface area contributed by atoms with Gasteiger partial charge in [-0.15, -0.1) is 46.4 Å². The summed E-state index contributed by atoms with van der Waals surface area (Å²) >= 11 is 19.6. The van der Waals surface area contributed by atoms with Crippen LogP contribution in [0.3, 0.4) is 0 Å². The molecule has 0 nitrogen and oxygen atoms in total. The van der Waals surface area contributed by atoms with E-state index in [9.17, 15) is 0 Å². The zero-order chi connectivity index (χ0) is 10.5. The maximum atomic E-state index is 5.04. The Bertz CT molecular complexity index is 123. The SMILES string of the molecule is CC(Cl)Cl.ClCCl.c1ccccc1. The first-order chi connectivity index (χ1) is 6.15. The summed E-state index contributed by atoms with van der Waals surface area (Å²) in [7, 11) is 0. The first kappa shape index (κ1) is 15.8. The number of alkyl halides is 4. The summed E-state index contributed by atoms with van der Waals surface area (Å²) < 4.78 is 0. The van der Waals surface area contributed by atoms with Crippen molar-refractivity contribution in [1.29, 1.82) is 0 Å². The molecule has 4 heteroatoms. The molecule has 76 valence electrons. The standard InChI is InChI=1S/C6H6.C2H4Cl2.CH2Cl2/c1-2-4-6-5-3-1;1-2(3)4;2-1-3/h1-6H;2H,1H3;1H2. The molecule has 0 aliphatic heterocycles. The molecule has 0 heterocycles. The zero-order valence-corrected chi connectivity index (χ0v) is 10.3. The molecule has 13 heavy (non-hydrogen) atoms. The molecule has 1 aromatic rings. The van der Waals surface area contributed by atoms with Crippen LogP contribution in [0.4, 0.5) is 0 Å². The third-order valence-corrected chi connectivity index (χ3v) is 0.667. The van der Waals surface area contributed by atoms with Gasteiger partial charge in [-0.3, -0.25) is 0 Å². The van der Waals surface area contributed by atoms with Crippen LogP contribution in [0.15, 0.2) is 36.4 Å². The summed E-state index contributed by atoms with van der Waals surface area (Å²) in [4.78, 5) is -0.222. The van der Waals surface area contributed by atoms with E-state index in [2.05, 4.69) is 0 Å². The van der Waals surface area contributed by atoms with Crippen LogP contribution in [-0.2, 0) is 0 Å². The second-order valence-corrected chi connectivity index (χ2v) is 4.12. The molecular weight excluding hydrogens is 250 g/mol. The summed E-state index contributed by atoms with van der Waals surface area (Å²) in [6.07, 6.45) is 0. The van der Waals surface area contributed by atoms with Crippen LogP contribution in [0, 0.1) is 0 Å². The van der Waals surface area contributed by atoms with Crippen LogP contribution in [-0.4, -0.2) is 10.2 Å². The number of hydrogen-bond acceptors (Lipinski definition) is 0. The fourth-order valence-corrected chi connectivity index (χ4v) is 0.385. The third-order valence-electron chi connectivity index (χ3n) is 0.667. The molecule has 0 saturated carbocycles. The minimum Gasteiger partial charge on any atom is -0.109 e. The molecule has 0 saturated heterocycles. The van der Waals surface area contributed by atoms with Crippen LogP contribution in [0.5, 0.6) is 0 Å². The molecular formula is C9H12Cl4. The van der Waals surface area contributed by atoms with Gasteiger partial charge in [0.2, 0.25) is 0 Å². The normalized spacial score (nSPS) is 7.85. The molecule has 1 rings (SSSR count). The highest BCUT2D eigenvalue weighted by atomic mass is 35.5. The highest BCUT2D eigenvalue weighted by molar-refractivity contribution is 6.43. The minimum atomic E-state index is -0.222. The van der Waals surface area contributed by atoms with Crippen LogP contribution in [0.1, 0.15) is 6.92 Å². The van der Waals surface area contributed by atoms with Crippen LogP contribution < -0.4 is 0 Å². The molecule has 0 spiro atoms. The van der Waals surface area contributed by atoms with Crippen molar-refractivity contribution >= 4 is 46.4 Å². The summed E-state index contributed by atoms with van der Waals surface area (Å²) in [5, 5.41) is 0.194. The lowest BCUT2D eigenvalue weighted by Crippen LogP contribution is -1.63. The van der Waals surface area contributed by atoms with Gasteiger partial charge in [0, 0.05) is 0 Å². The van der Waals surface area contributed by atoms with Crippen molar-refractivity contribution in [2.24, 2.45) is 0 Å². The summed E-state index contributed by atoms with van der Waals surface area (Å²) in [6, 6.07) is 12.0. The molecule has 0 N–H and O–H groups in total. The van der Waals surface area contributed by atoms with Crippen LogP contribution in [0.25, 0.3) is 0 Å². The Balaban J connectivity index is 0. The second-order valence-electron chi connectivity index (χ2n) is 1.77. The van der Waals surface area contributed by atoms with Crippen molar-refractivity contribution in [3.8, 4) is 0 Å². The smallest absolute Gasteiger partial charge is 0.105 e. The van der Waals surface area contributed by atoms with E-state index in [4.69, 9.17) is 46.4 Å². The number of halogens is 4. The fourth-order valence-electron chi connectivity index (χ4n) is 0.385. The Morgan fingerprint density at radius 2 is 0.923 bits per heavy atom. The van der Waals surface area contributed by atoms with Gasteiger partial charge in [-0.05, 0) is 6.92 Å². The van der Waals surface area contributed by atoms with Gasteiger partial charge in [0.05, 0.1) is 5.34 Å². The van der Waals surface area contributed by atoms with Crippen molar-refractivity contribution in [2.45, 2.75) is 11.8 Å². The van der Waals surface area contributed by atoms with Gasteiger partial charge in [0.1, 0.15) is 4.84 Å². The van der Waals surface area contributed by atoms with E-state index >= 15 is 0 Å². The van der Waals surface area contributed by atoms with Crippen molar-refractivity contribution in [3.63, 3.8) is 0 Å². The highest BCUT2D eigenvalue weighted by Crippen LogP contribution is 1.95. The first-order valence-electron chi connectivity index (χ1n) is 3.55. The second kappa shape index (κ2) is 14.9. The van der Waals surface area contributed by atoms with E-state index in [-0.39, 0.29) is 10.2 Å². The molecule has 0 unspecified atom stereocenters.